The van der Waals surface area contributed by atoms with Crippen molar-refractivity contribution < 1.29 is 9.66 Å². The fourth-order valence-corrected chi connectivity index (χ4v) is 2.26. The normalized spacial score (nSPS) is 16.8. The number of hydrogen-bond acceptors (Lipinski definition) is 5. The van der Waals surface area contributed by atoms with Gasteiger partial charge in [-0.15, -0.1) is 0 Å². The minimum Gasteiger partial charge on any atom is -0.379 e. The van der Waals surface area contributed by atoms with Gasteiger partial charge in [-0.1, -0.05) is 6.07 Å². The molecule has 100 valence electrons. The van der Waals surface area contributed by atoms with Crippen molar-refractivity contribution in [3.63, 3.8) is 0 Å². The van der Waals surface area contributed by atoms with Crippen LogP contribution in [0.1, 0.15) is 5.82 Å². The highest BCUT2D eigenvalue weighted by Crippen LogP contribution is 2.23. The van der Waals surface area contributed by atoms with E-state index in [9.17, 15) is 10.1 Å². The van der Waals surface area contributed by atoms with Crippen LogP contribution in [-0.4, -0.2) is 46.1 Å². The highest BCUT2D eigenvalue weighted by molar-refractivity contribution is 5.84. The molecule has 1 aliphatic heterocycles. The molecule has 2 aromatic rings. The molecule has 1 aliphatic rings. The van der Waals surface area contributed by atoms with Gasteiger partial charge < -0.3 is 9.72 Å². The Morgan fingerprint density at radius 3 is 2.95 bits per heavy atom. The molecule has 0 saturated carbocycles. The molecular formula is C12H14N4O3. The van der Waals surface area contributed by atoms with E-state index in [1.54, 1.807) is 12.1 Å². The van der Waals surface area contributed by atoms with Gasteiger partial charge >= 0.3 is 0 Å². The summed E-state index contributed by atoms with van der Waals surface area (Å²) in [7, 11) is 0. The molecule has 0 bridgehead atoms. The number of ether oxygens (including phenoxy) is 1. The summed E-state index contributed by atoms with van der Waals surface area (Å²) in [5.74, 6) is 0.756. The smallest absolute Gasteiger partial charge is 0.297 e. The van der Waals surface area contributed by atoms with Crippen LogP contribution in [0.3, 0.4) is 0 Å². The van der Waals surface area contributed by atoms with E-state index in [0.29, 0.717) is 17.6 Å². The molecule has 7 nitrogen and oxygen atoms in total. The summed E-state index contributed by atoms with van der Waals surface area (Å²) in [6, 6.07) is 4.94. The molecule has 0 spiro atoms. The molecule has 0 radical (unpaired) electrons. The van der Waals surface area contributed by atoms with Crippen LogP contribution < -0.4 is 0 Å². The molecule has 1 fully saturated rings. The lowest BCUT2D eigenvalue weighted by atomic mass is 10.3. The first kappa shape index (κ1) is 12.1. The maximum absolute atomic E-state index is 10.9. The van der Waals surface area contributed by atoms with Crippen molar-refractivity contribution in [2.75, 3.05) is 26.3 Å². The molecule has 1 aromatic carbocycles. The van der Waals surface area contributed by atoms with Crippen molar-refractivity contribution in [3.05, 3.63) is 34.1 Å². The van der Waals surface area contributed by atoms with E-state index in [0.717, 1.165) is 32.1 Å². The number of nitro benzene ring substituents is 1. The lowest BCUT2D eigenvalue weighted by Gasteiger charge is -2.25. The van der Waals surface area contributed by atoms with Crippen LogP contribution in [0.25, 0.3) is 11.0 Å². The largest absolute Gasteiger partial charge is 0.379 e. The SMILES string of the molecule is O=[N+]([O-])c1cccc2[nH]c(CN3CCOCC3)nc12. The third-order valence-electron chi connectivity index (χ3n) is 3.21. The van der Waals surface area contributed by atoms with Gasteiger partial charge in [-0.3, -0.25) is 15.0 Å². The third-order valence-corrected chi connectivity index (χ3v) is 3.21. The van der Waals surface area contributed by atoms with Crippen LogP contribution in [0.2, 0.25) is 0 Å². The van der Waals surface area contributed by atoms with Gasteiger partial charge in [-0.2, -0.15) is 0 Å². The monoisotopic (exact) mass is 262 g/mol. The van der Waals surface area contributed by atoms with Crippen LogP contribution in [0.5, 0.6) is 0 Å². The summed E-state index contributed by atoms with van der Waals surface area (Å²) in [5.41, 5.74) is 1.18. The number of aromatic nitrogens is 2. The number of nitrogens with zero attached hydrogens (tertiary/aromatic N) is 3. The quantitative estimate of drug-likeness (QED) is 0.665. The Hall–Kier alpha value is -1.99. The van der Waals surface area contributed by atoms with Gasteiger partial charge in [0, 0.05) is 19.2 Å². The number of hydrogen-bond donors (Lipinski definition) is 1. The number of morpholine rings is 1. The molecule has 0 atom stereocenters. The summed E-state index contributed by atoms with van der Waals surface area (Å²) in [6.07, 6.45) is 0. The van der Waals surface area contributed by atoms with Gasteiger partial charge in [0.05, 0.1) is 30.2 Å². The first-order chi connectivity index (χ1) is 9.24. The molecule has 0 aliphatic carbocycles. The summed E-state index contributed by atoms with van der Waals surface area (Å²) in [5, 5.41) is 10.9. The number of benzene rings is 1. The predicted molar refractivity (Wildman–Crippen MR) is 68.8 cm³/mol. The second-order valence-electron chi connectivity index (χ2n) is 4.50. The number of fused-ring (bicyclic) bond motifs is 1. The summed E-state index contributed by atoms with van der Waals surface area (Å²) < 4.78 is 5.29. The Balaban J connectivity index is 1.88. The molecular weight excluding hydrogens is 248 g/mol. The number of imidazole rings is 1. The maximum atomic E-state index is 10.9. The van der Waals surface area contributed by atoms with Crippen molar-refractivity contribution in [2.45, 2.75) is 6.54 Å². The highest BCUT2D eigenvalue weighted by Gasteiger charge is 2.17. The molecule has 3 rings (SSSR count). The van der Waals surface area contributed by atoms with Crippen LogP contribution in [0.15, 0.2) is 18.2 Å². The van der Waals surface area contributed by atoms with E-state index in [-0.39, 0.29) is 5.69 Å². The minimum atomic E-state index is -0.401. The lowest BCUT2D eigenvalue weighted by molar-refractivity contribution is -0.383. The average Bonchev–Trinajstić information content (AvgIpc) is 2.81. The number of non-ortho nitro benzene ring substituents is 1. The second kappa shape index (κ2) is 4.94. The van der Waals surface area contributed by atoms with Crippen LogP contribution in [0.4, 0.5) is 5.69 Å². The van der Waals surface area contributed by atoms with Crippen LogP contribution in [-0.2, 0) is 11.3 Å². The van der Waals surface area contributed by atoms with Crippen molar-refractivity contribution >= 4 is 16.7 Å². The standard InChI is InChI=1S/C12H14N4O3/c17-16(18)10-3-1-2-9-12(10)14-11(13-9)8-15-4-6-19-7-5-15/h1-3H,4-8H2,(H,13,14). The second-order valence-corrected chi connectivity index (χ2v) is 4.50. The number of nitro groups is 1. The molecule has 1 N–H and O–H groups in total. The number of para-hydroxylation sites is 1. The van der Waals surface area contributed by atoms with Gasteiger partial charge in [-0.05, 0) is 6.07 Å². The van der Waals surface area contributed by atoms with Crippen molar-refractivity contribution in [2.24, 2.45) is 0 Å². The summed E-state index contributed by atoms with van der Waals surface area (Å²) >= 11 is 0. The van der Waals surface area contributed by atoms with Crippen LogP contribution >= 0.6 is 0 Å². The van der Waals surface area contributed by atoms with E-state index >= 15 is 0 Å². The van der Waals surface area contributed by atoms with Crippen LogP contribution in [0, 0.1) is 10.1 Å². The van der Waals surface area contributed by atoms with E-state index in [1.807, 2.05) is 0 Å². The average molecular weight is 262 g/mol. The molecule has 1 saturated heterocycles. The molecule has 0 amide bonds. The predicted octanol–water partition coefficient (Wildman–Crippen LogP) is 1.30. The van der Waals surface area contributed by atoms with Gasteiger partial charge in [0.25, 0.3) is 5.69 Å². The van der Waals surface area contributed by atoms with E-state index in [2.05, 4.69) is 14.9 Å². The molecule has 7 heteroatoms. The van der Waals surface area contributed by atoms with Gasteiger partial charge in [0.15, 0.2) is 5.52 Å². The Morgan fingerprint density at radius 1 is 1.42 bits per heavy atom. The Bertz CT molecular complexity index is 604. The van der Waals surface area contributed by atoms with E-state index < -0.39 is 4.92 Å². The van der Waals surface area contributed by atoms with Crippen molar-refractivity contribution in [3.8, 4) is 0 Å². The topological polar surface area (TPSA) is 84.3 Å². The van der Waals surface area contributed by atoms with E-state index in [4.69, 9.17) is 4.74 Å². The molecule has 1 aromatic heterocycles. The first-order valence-corrected chi connectivity index (χ1v) is 6.16. The molecule has 0 unspecified atom stereocenters. The maximum Gasteiger partial charge on any atom is 0.297 e. The first-order valence-electron chi connectivity index (χ1n) is 6.16. The Morgan fingerprint density at radius 2 is 2.21 bits per heavy atom. The zero-order valence-corrected chi connectivity index (χ0v) is 10.3. The number of aromatic amines is 1. The van der Waals surface area contributed by atoms with E-state index in [1.165, 1.54) is 6.07 Å². The van der Waals surface area contributed by atoms with Crippen molar-refractivity contribution in [1.82, 2.24) is 14.9 Å². The van der Waals surface area contributed by atoms with Gasteiger partial charge in [-0.25, -0.2) is 4.98 Å². The summed E-state index contributed by atoms with van der Waals surface area (Å²) in [6.45, 7) is 3.83. The number of nitrogens with one attached hydrogen (secondary N) is 1. The van der Waals surface area contributed by atoms with Gasteiger partial charge in [0.1, 0.15) is 5.82 Å². The summed E-state index contributed by atoms with van der Waals surface area (Å²) in [4.78, 5) is 20.2. The third kappa shape index (κ3) is 2.42. The Kier molecular flexibility index (Phi) is 3.14. The fourth-order valence-electron chi connectivity index (χ4n) is 2.26. The van der Waals surface area contributed by atoms with Crippen molar-refractivity contribution in [1.29, 1.82) is 0 Å². The minimum absolute atomic E-state index is 0.0435. The number of rotatable bonds is 3. The highest BCUT2D eigenvalue weighted by atomic mass is 16.6. The fraction of sp³-hybridized carbons (Fsp3) is 0.417. The van der Waals surface area contributed by atoms with Gasteiger partial charge in [0.2, 0.25) is 0 Å². The Labute approximate surface area is 109 Å². The number of H-pyrrole nitrogens is 1. The zero-order chi connectivity index (χ0) is 13.2. The lowest BCUT2D eigenvalue weighted by Crippen LogP contribution is -2.35. The molecule has 2 heterocycles. The molecule has 19 heavy (non-hydrogen) atoms. The zero-order valence-electron chi connectivity index (χ0n) is 10.3.